The van der Waals surface area contributed by atoms with E-state index in [4.69, 9.17) is 0 Å². The Labute approximate surface area is 124 Å². The first-order valence-corrected chi connectivity index (χ1v) is 7.42. The minimum absolute atomic E-state index is 0.0331. The van der Waals surface area contributed by atoms with Crippen LogP contribution in [0.25, 0.3) is 10.8 Å². The molecule has 1 saturated heterocycles. The zero-order valence-corrected chi connectivity index (χ0v) is 12.2. The van der Waals surface area contributed by atoms with E-state index in [9.17, 15) is 5.26 Å². The summed E-state index contributed by atoms with van der Waals surface area (Å²) in [6.45, 7) is 5.64. The van der Waals surface area contributed by atoms with Crippen molar-refractivity contribution < 1.29 is 0 Å². The minimum atomic E-state index is 0.0331. The number of piperazine rings is 1. The van der Waals surface area contributed by atoms with Gasteiger partial charge in [-0.3, -0.25) is 4.90 Å². The first-order valence-electron chi connectivity index (χ1n) is 7.42. The molecular weight excluding hydrogens is 262 g/mol. The maximum absolute atomic E-state index is 9.17. The average Bonchev–Trinajstić information content (AvgIpc) is 2.56. The molecule has 5 nitrogen and oxygen atoms in total. The molecule has 0 radical (unpaired) electrons. The summed E-state index contributed by atoms with van der Waals surface area (Å²) in [5, 5.41) is 19.9. The van der Waals surface area contributed by atoms with Gasteiger partial charge in [0.15, 0.2) is 5.82 Å². The second-order valence-corrected chi connectivity index (χ2v) is 5.33. The lowest BCUT2D eigenvalue weighted by Gasteiger charge is -2.37. The SMILES string of the molecule is CCC(C#N)N1CCN(c2nncc3ccccc23)CC1. The van der Waals surface area contributed by atoms with Crippen LogP contribution in [0.2, 0.25) is 0 Å². The number of aromatic nitrogens is 2. The molecule has 0 N–H and O–H groups in total. The molecule has 1 aliphatic rings. The van der Waals surface area contributed by atoms with Crippen LogP contribution >= 0.6 is 0 Å². The van der Waals surface area contributed by atoms with Crippen molar-refractivity contribution in [3.63, 3.8) is 0 Å². The van der Waals surface area contributed by atoms with Crippen LogP contribution in [-0.2, 0) is 0 Å². The Morgan fingerprint density at radius 1 is 1.24 bits per heavy atom. The molecule has 1 fully saturated rings. The fraction of sp³-hybridized carbons (Fsp3) is 0.438. The fourth-order valence-corrected chi connectivity index (χ4v) is 2.92. The second kappa shape index (κ2) is 6.06. The topological polar surface area (TPSA) is 56.1 Å². The first-order chi connectivity index (χ1) is 10.3. The molecule has 2 aromatic rings. The van der Waals surface area contributed by atoms with Gasteiger partial charge in [-0.25, -0.2) is 0 Å². The number of rotatable bonds is 3. The van der Waals surface area contributed by atoms with Crippen LogP contribution in [0, 0.1) is 11.3 Å². The molecule has 1 atom stereocenters. The Morgan fingerprint density at radius 3 is 2.71 bits per heavy atom. The van der Waals surface area contributed by atoms with Gasteiger partial charge in [-0.2, -0.15) is 10.4 Å². The van der Waals surface area contributed by atoms with Crippen molar-refractivity contribution in [1.29, 1.82) is 5.26 Å². The Morgan fingerprint density at radius 2 is 2.00 bits per heavy atom. The lowest BCUT2D eigenvalue weighted by molar-refractivity contribution is 0.216. The highest BCUT2D eigenvalue weighted by Crippen LogP contribution is 2.24. The van der Waals surface area contributed by atoms with E-state index in [1.165, 1.54) is 0 Å². The molecule has 108 valence electrons. The number of benzene rings is 1. The van der Waals surface area contributed by atoms with Crippen LogP contribution < -0.4 is 4.90 Å². The lowest BCUT2D eigenvalue weighted by Crippen LogP contribution is -2.50. The second-order valence-electron chi connectivity index (χ2n) is 5.33. The standard InChI is InChI=1S/C16H19N5/c1-2-14(11-17)20-7-9-21(10-8-20)16-15-6-4-3-5-13(15)12-18-19-16/h3-6,12,14H,2,7-10H2,1H3. The third-order valence-corrected chi connectivity index (χ3v) is 4.14. The van der Waals surface area contributed by atoms with Gasteiger partial charge in [0.2, 0.25) is 0 Å². The molecule has 3 rings (SSSR count). The third-order valence-electron chi connectivity index (χ3n) is 4.14. The van der Waals surface area contributed by atoms with Crippen LogP contribution in [-0.4, -0.2) is 47.3 Å². The zero-order chi connectivity index (χ0) is 14.7. The van der Waals surface area contributed by atoms with E-state index in [1.54, 1.807) is 6.20 Å². The van der Waals surface area contributed by atoms with Crippen LogP contribution in [0.1, 0.15) is 13.3 Å². The van der Waals surface area contributed by atoms with Crippen molar-refractivity contribution in [2.75, 3.05) is 31.1 Å². The van der Waals surface area contributed by atoms with Gasteiger partial charge in [-0.15, -0.1) is 5.10 Å². The summed E-state index contributed by atoms with van der Waals surface area (Å²) >= 11 is 0. The van der Waals surface area contributed by atoms with Crippen molar-refractivity contribution in [2.24, 2.45) is 0 Å². The molecule has 0 spiro atoms. The molecule has 1 aromatic heterocycles. The van der Waals surface area contributed by atoms with Gasteiger partial charge in [0.1, 0.15) is 0 Å². The van der Waals surface area contributed by atoms with E-state index < -0.39 is 0 Å². The molecule has 0 saturated carbocycles. The summed E-state index contributed by atoms with van der Waals surface area (Å²) in [5.74, 6) is 0.956. The van der Waals surface area contributed by atoms with Crippen LogP contribution in [0.15, 0.2) is 30.5 Å². The van der Waals surface area contributed by atoms with E-state index >= 15 is 0 Å². The van der Waals surface area contributed by atoms with Gasteiger partial charge in [0, 0.05) is 37.0 Å². The fourth-order valence-electron chi connectivity index (χ4n) is 2.92. The highest BCUT2D eigenvalue weighted by Gasteiger charge is 2.24. The zero-order valence-electron chi connectivity index (χ0n) is 12.2. The largest absolute Gasteiger partial charge is 0.352 e. The Bertz CT molecular complexity index is 650. The summed E-state index contributed by atoms with van der Waals surface area (Å²) in [6, 6.07) is 10.6. The van der Waals surface area contributed by atoms with Crippen molar-refractivity contribution >= 4 is 16.6 Å². The maximum atomic E-state index is 9.17. The number of anilines is 1. The molecule has 1 unspecified atom stereocenters. The highest BCUT2D eigenvalue weighted by atomic mass is 15.3. The lowest BCUT2D eigenvalue weighted by atomic mass is 10.1. The number of fused-ring (bicyclic) bond motifs is 1. The van der Waals surface area contributed by atoms with Crippen molar-refractivity contribution in [3.8, 4) is 6.07 Å². The van der Waals surface area contributed by atoms with Gasteiger partial charge >= 0.3 is 0 Å². The monoisotopic (exact) mass is 281 g/mol. The van der Waals surface area contributed by atoms with E-state index in [2.05, 4.69) is 45.1 Å². The van der Waals surface area contributed by atoms with Crippen molar-refractivity contribution in [3.05, 3.63) is 30.5 Å². The molecular formula is C16H19N5. The van der Waals surface area contributed by atoms with Gasteiger partial charge in [0.25, 0.3) is 0 Å². The average molecular weight is 281 g/mol. The molecule has 1 aliphatic heterocycles. The van der Waals surface area contributed by atoms with Gasteiger partial charge < -0.3 is 4.90 Å². The molecule has 0 amide bonds. The molecule has 0 bridgehead atoms. The van der Waals surface area contributed by atoms with Crippen LogP contribution in [0.5, 0.6) is 0 Å². The summed E-state index contributed by atoms with van der Waals surface area (Å²) in [4.78, 5) is 4.53. The molecule has 2 heterocycles. The predicted octanol–water partition coefficient (Wildman–Crippen LogP) is 2.05. The van der Waals surface area contributed by atoms with E-state index in [-0.39, 0.29) is 6.04 Å². The van der Waals surface area contributed by atoms with E-state index in [0.29, 0.717) is 0 Å². The predicted molar refractivity (Wildman–Crippen MR) is 83.0 cm³/mol. The van der Waals surface area contributed by atoms with Gasteiger partial charge in [-0.1, -0.05) is 31.2 Å². The third kappa shape index (κ3) is 2.67. The van der Waals surface area contributed by atoms with Gasteiger partial charge in [-0.05, 0) is 6.42 Å². The molecule has 21 heavy (non-hydrogen) atoms. The van der Waals surface area contributed by atoms with E-state index in [0.717, 1.165) is 49.2 Å². The summed E-state index contributed by atoms with van der Waals surface area (Å²) in [6.07, 6.45) is 2.68. The van der Waals surface area contributed by atoms with Crippen LogP contribution in [0.3, 0.4) is 0 Å². The number of hydrogen-bond acceptors (Lipinski definition) is 5. The molecule has 0 aliphatic carbocycles. The Balaban J connectivity index is 1.79. The quantitative estimate of drug-likeness (QED) is 0.862. The van der Waals surface area contributed by atoms with E-state index in [1.807, 2.05) is 12.1 Å². The summed E-state index contributed by atoms with van der Waals surface area (Å²) in [7, 11) is 0. The Kier molecular flexibility index (Phi) is 3.98. The highest BCUT2D eigenvalue weighted by molar-refractivity contribution is 5.91. The summed E-state index contributed by atoms with van der Waals surface area (Å²) in [5.41, 5.74) is 0. The molecule has 5 heteroatoms. The maximum Gasteiger partial charge on any atom is 0.159 e. The normalized spacial score (nSPS) is 17.6. The van der Waals surface area contributed by atoms with Crippen LogP contribution in [0.4, 0.5) is 5.82 Å². The van der Waals surface area contributed by atoms with Gasteiger partial charge in [0.05, 0.1) is 18.3 Å². The number of nitrogens with zero attached hydrogens (tertiary/aromatic N) is 5. The van der Waals surface area contributed by atoms with Crippen molar-refractivity contribution in [1.82, 2.24) is 15.1 Å². The molecule has 1 aromatic carbocycles. The minimum Gasteiger partial charge on any atom is -0.352 e. The number of hydrogen-bond donors (Lipinski definition) is 0. The summed E-state index contributed by atoms with van der Waals surface area (Å²) < 4.78 is 0. The number of nitriles is 1. The smallest absolute Gasteiger partial charge is 0.159 e. The Hall–Kier alpha value is -2.19. The first kappa shape index (κ1) is 13.8. The van der Waals surface area contributed by atoms with Crippen molar-refractivity contribution in [2.45, 2.75) is 19.4 Å².